The molecule has 1 aliphatic rings. The molecule has 0 bridgehead atoms. The third kappa shape index (κ3) is 2.28. The lowest BCUT2D eigenvalue weighted by Gasteiger charge is -2.14. The molecule has 5 aromatic carbocycles. The SMILES string of the molecule is CCOc1ccc(-c2ccc3c4c(cccc24)-c2ccccc2-3)c2ccccc12. The molecular formula is C28H20O. The van der Waals surface area contributed by atoms with Gasteiger partial charge in [-0.15, -0.1) is 0 Å². The fraction of sp³-hybridized carbons (Fsp3) is 0.0714. The Labute approximate surface area is 170 Å². The van der Waals surface area contributed by atoms with Crippen LogP contribution in [0.25, 0.3) is 54.9 Å². The number of hydrogen-bond donors (Lipinski definition) is 0. The fourth-order valence-electron chi connectivity index (χ4n) is 4.83. The van der Waals surface area contributed by atoms with Crippen LogP contribution in [0.2, 0.25) is 0 Å². The summed E-state index contributed by atoms with van der Waals surface area (Å²) in [5, 5.41) is 5.07. The minimum Gasteiger partial charge on any atom is -0.493 e. The van der Waals surface area contributed by atoms with E-state index in [4.69, 9.17) is 4.74 Å². The van der Waals surface area contributed by atoms with E-state index in [0.717, 1.165) is 5.75 Å². The molecule has 0 spiro atoms. The molecule has 0 radical (unpaired) electrons. The first-order valence-electron chi connectivity index (χ1n) is 10.2. The average Bonchev–Trinajstić information content (AvgIpc) is 3.11. The van der Waals surface area contributed by atoms with Gasteiger partial charge in [0.2, 0.25) is 0 Å². The Kier molecular flexibility index (Phi) is 3.51. The maximum Gasteiger partial charge on any atom is 0.127 e. The fourth-order valence-corrected chi connectivity index (χ4v) is 4.83. The van der Waals surface area contributed by atoms with Crippen molar-refractivity contribution in [3.63, 3.8) is 0 Å². The molecule has 1 nitrogen and oxygen atoms in total. The van der Waals surface area contributed by atoms with Gasteiger partial charge in [-0.05, 0) is 62.5 Å². The van der Waals surface area contributed by atoms with Crippen LogP contribution in [0.15, 0.2) is 91.0 Å². The van der Waals surface area contributed by atoms with Crippen LogP contribution >= 0.6 is 0 Å². The summed E-state index contributed by atoms with van der Waals surface area (Å²) in [5.41, 5.74) is 7.88. The second kappa shape index (κ2) is 6.22. The average molecular weight is 372 g/mol. The van der Waals surface area contributed by atoms with Gasteiger partial charge in [-0.25, -0.2) is 0 Å². The van der Waals surface area contributed by atoms with Gasteiger partial charge in [0.25, 0.3) is 0 Å². The van der Waals surface area contributed by atoms with Crippen molar-refractivity contribution in [2.24, 2.45) is 0 Å². The summed E-state index contributed by atoms with van der Waals surface area (Å²) in [6, 6.07) is 32.8. The molecule has 0 amide bonds. The highest BCUT2D eigenvalue weighted by Gasteiger charge is 2.22. The predicted molar refractivity (Wildman–Crippen MR) is 122 cm³/mol. The zero-order valence-corrected chi connectivity index (χ0v) is 16.3. The molecule has 0 saturated carbocycles. The Morgan fingerprint density at radius 2 is 1.03 bits per heavy atom. The van der Waals surface area contributed by atoms with Gasteiger partial charge in [0.15, 0.2) is 0 Å². The van der Waals surface area contributed by atoms with Crippen LogP contribution in [-0.2, 0) is 0 Å². The van der Waals surface area contributed by atoms with Crippen molar-refractivity contribution < 1.29 is 4.74 Å². The number of rotatable bonds is 3. The van der Waals surface area contributed by atoms with Crippen LogP contribution in [0.4, 0.5) is 0 Å². The molecule has 29 heavy (non-hydrogen) atoms. The third-order valence-electron chi connectivity index (χ3n) is 6.02. The Hall–Kier alpha value is -3.58. The minimum absolute atomic E-state index is 0.669. The van der Waals surface area contributed by atoms with Gasteiger partial charge >= 0.3 is 0 Å². The first-order chi connectivity index (χ1) is 14.4. The Morgan fingerprint density at radius 3 is 1.83 bits per heavy atom. The van der Waals surface area contributed by atoms with Crippen molar-refractivity contribution in [1.82, 2.24) is 0 Å². The highest BCUT2D eigenvalue weighted by molar-refractivity contribution is 6.20. The van der Waals surface area contributed by atoms with E-state index >= 15 is 0 Å². The summed E-state index contributed by atoms with van der Waals surface area (Å²) < 4.78 is 5.89. The van der Waals surface area contributed by atoms with E-state index in [0.29, 0.717) is 6.61 Å². The van der Waals surface area contributed by atoms with E-state index in [1.807, 2.05) is 6.92 Å². The van der Waals surface area contributed by atoms with Crippen LogP contribution in [0.3, 0.4) is 0 Å². The molecule has 1 heteroatoms. The second-order valence-corrected chi connectivity index (χ2v) is 7.52. The van der Waals surface area contributed by atoms with E-state index < -0.39 is 0 Å². The molecule has 0 heterocycles. The number of fused-ring (bicyclic) bond motifs is 4. The number of benzene rings is 5. The largest absolute Gasteiger partial charge is 0.493 e. The van der Waals surface area contributed by atoms with Crippen molar-refractivity contribution in [2.75, 3.05) is 6.61 Å². The normalized spacial score (nSPS) is 11.8. The lowest BCUT2D eigenvalue weighted by Crippen LogP contribution is -1.93. The minimum atomic E-state index is 0.669. The van der Waals surface area contributed by atoms with Crippen molar-refractivity contribution in [3.05, 3.63) is 91.0 Å². The smallest absolute Gasteiger partial charge is 0.127 e. The van der Waals surface area contributed by atoms with Gasteiger partial charge in [0.1, 0.15) is 5.75 Å². The molecule has 0 saturated heterocycles. The number of ether oxygens (including phenoxy) is 1. The summed E-state index contributed by atoms with van der Waals surface area (Å²) in [7, 11) is 0. The molecule has 0 aromatic heterocycles. The van der Waals surface area contributed by atoms with Gasteiger partial charge in [0.05, 0.1) is 6.61 Å². The molecule has 0 aliphatic heterocycles. The van der Waals surface area contributed by atoms with E-state index in [2.05, 4.69) is 91.0 Å². The lowest BCUT2D eigenvalue weighted by atomic mass is 9.91. The molecule has 0 fully saturated rings. The van der Waals surface area contributed by atoms with Gasteiger partial charge in [-0.1, -0.05) is 84.9 Å². The Morgan fingerprint density at radius 1 is 0.483 bits per heavy atom. The molecular weight excluding hydrogens is 352 g/mol. The summed E-state index contributed by atoms with van der Waals surface area (Å²) >= 11 is 0. The predicted octanol–water partition coefficient (Wildman–Crippen LogP) is 7.71. The molecule has 0 N–H and O–H groups in total. The van der Waals surface area contributed by atoms with Gasteiger partial charge in [-0.2, -0.15) is 0 Å². The van der Waals surface area contributed by atoms with Crippen LogP contribution in [0, 0.1) is 0 Å². The van der Waals surface area contributed by atoms with Gasteiger partial charge < -0.3 is 4.74 Å². The van der Waals surface area contributed by atoms with Crippen LogP contribution in [0.5, 0.6) is 5.75 Å². The topological polar surface area (TPSA) is 9.23 Å². The van der Waals surface area contributed by atoms with Gasteiger partial charge in [0, 0.05) is 5.39 Å². The van der Waals surface area contributed by atoms with Gasteiger partial charge in [-0.3, -0.25) is 0 Å². The molecule has 0 atom stereocenters. The van der Waals surface area contributed by atoms with Crippen LogP contribution in [-0.4, -0.2) is 6.61 Å². The summed E-state index contributed by atoms with van der Waals surface area (Å²) in [6.07, 6.45) is 0. The summed E-state index contributed by atoms with van der Waals surface area (Å²) in [4.78, 5) is 0. The quantitative estimate of drug-likeness (QED) is 0.309. The molecule has 1 aliphatic carbocycles. The van der Waals surface area contributed by atoms with Crippen molar-refractivity contribution in [3.8, 4) is 39.1 Å². The molecule has 6 rings (SSSR count). The second-order valence-electron chi connectivity index (χ2n) is 7.52. The van der Waals surface area contributed by atoms with Crippen molar-refractivity contribution in [2.45, 2.75) is 6.92 Å². The summed E-state index contributed by atoms with van der Waals surface area (Å²) in [6.45, 7) is 2.70. The third-order valence-corrected chi connectivity index (χ3v) is 6.02. The Bertz CT molecular complexity index is 1380. The molecule has 5 aromatic rings. The lowest BCUT2D eigenvalue weighted by molar-refractivity contribution is 0.344. The zero-order valence-electron chi connectivity index (χ0n) is 16.3. The van der Waals surface area contributed by atoms with E-state index in [1.54, 1.807) is 0 Å². The van der Waals surface area contributed by atoms with E-state index in [-0.39, 0.29) is 0 Å². The standard InChI is InChI=1S/C28H20O/c1-2-29-27-17-16-21(18-8-5-6-11-23(18)27)22-14-15-26-20-10-4-3-9-19(20)24-12-7-13-25(22)28(24)26/h3-17H,2H2,1H3. The van der Waals surface area contributed by atoms with Crippen molar-refractivity contribution >= 4 is 21.5 Å². The highest BCUT2D eigenvalue weighted by Crippen LogP contribution is 2.49. The van der Waals surface area contributed by atoms with E-state index in [1.165, 1.54) is 54.9 Å². The molecule has 0 unspecified atom stereocenters. The monoisotopic (exact) mass is 372 g/mol. The van der Waals surface area contributed by atoms with E-state index in [9.17, 15) is 0 Å². The maximum absolute atomic E-state index is 5.89. The number of hydrogen-bond acceptors (Lipinski definition) is 1. The first kappa shape index (κ1) is 16.4. The van der Waals surface area contributed by atoms with Crippen LogP contribution < -0.4 is 4.74 Å². The highest BCUT2D eigenvalue weighted by atomic mass is 16.5. The first-order valence-corrected chi connectivity index (χ1v) is 10.2. The Balaban J connectivity index is 1.68. The van der Waals surface area contributed by atoms with Crippen LogP contribution in [0.1, 0.15) is 6.92 Å². The zero-order chi connectivity index (χ0) is 19.4. The van der Waals surface area contributed by atoms with Crippen molar-refractivity contribution in [1.29, 1.82) is 0 Å². The summed E-state index contributed by atoms with van der Waals surface area (Å²) in [5.74, 6) is 0.949. The maximum atomic E-state index is 5.89. The molecule has 138 valence electrons.